The molecule has 1 aliphatic rings. The summed E-state index contributed by atoms with van der Waals surface area (Å²) in [6.07, 6.45) is 12.7. The van der Waals surface area contributed by atoms with Gasteiger partial charge in [0.25, 0.3) is 0 Å². The Kier molecular flexibility index (Phi) is 8.77. The highest BCUT2D eigenvalue weighted by atomic mass is 14.9. The second-order valence-corrected chi connectivity index (χ2v) is 7.18. The zero-order valence-corrected chi connectivity index (χ0v) is 13.9. The molecule has 0 saturated heterocycles. The van der Waals surface area contributed by atoms with Crippen molar-refractivity contribution in [3.05, 3.63) is 0 Å². The molecule has 3 unspecified atom stereocenters. The van der Waals surface area contributed by atoms with Gasteiger partial charge in [-0.2, -0.15) is 0 Å². The lowest BCUT2D eigenvalue weighted by atomic mass is 9.81. The lowest BCUT2D eigenvalue weighted by Gasteiger charge is -2.32. The molecular weight excluding hydrogens is 230 g/mol. The highest BCUT2D eigenvalue weighted by molar-refractivity contribution is 4.79. The average Bonchev–Trinajstić information content (AvgIpc) is 2.38. The predicted octanol–water partition coefficient (Wildman–Crippen LogP) is 5.40. The van der Waals surface area contributed by atoms with Crippen molar-refractivity contribution in [1.82, 2.24) is 5.32 Å². The average molecular weight is 268 g/mol. The van der Waals surface area contributed by atoms with Gasteiger partial charge >= 0.3 is 0 Å². The fourth-order valence-corrected chi connectivity index (χ4v) is 3.63. The zero-order valence-electron chi connectivity index (χ0n) is 13.9. The van der Waals surface area contributed by atoms with Crippen LogP contribution in [0.3, 0.4) is 0 Å². The van der Waals surface area contributed by atoms with Crippen molar-refractivity contribution in [1.29, 1.82) is 0 Å². The largest absolute Gasteiger partial charge is 0.314 e. The SMILES string of the molecule is CCCCC(CC)CNC1CCCC(CC(C)C)C1. The van der Waals surface area contributed by atoms with E-state index in [0.29, 0.717) is 0 Å². The molecule has 0 aromatic rings. The minimum atomic E-state index is 0.813. The van der Waals surface area contributed by atoms with Gasteiger partial charge in [-0.15, -0.1) is 0 Å². The molecule has 1 heteroatoms. The molecule has 0 amide bonds. The van der Waals surface area contributed by atoms with E-state index in [1.165, 1.54) is 64.3 Å². The van der Waals surface area contributed by atoms with Crippen molar-refractivity contribution in [2.24, 2.45) is 17.8 Å². The Balaban J connectivity index is 2.23. The van der Waals surface area contributed by atoms with Crippen molar-refractivity contribution in [2.75, 3.05) is 6.54 Å². The van der Waals surface area contributed by atoms with E-state index < -0.39 is 0 Å². The molecule has 1 nitrogen and oxygen atoms in total. The smallest absolute Gasteiger partial charge is 0.00698 e. The number of nitrogens with one attached hydrogen (secondary N) is 1. The maximum Gasteiger partial charge on any atom is 0.00698 e. The van der Waals surface area contributed by atoms with E-state index in [9.17, 15) is 0 Å². The third-order valence-electron chi connectivity index (χ3n) is 4.83. The van der Waals surface area contributed by atoms with Crippen LogP contribution in [0.2, 0.25) is 0 Å². The van der Waals surface area contributed by atoms with Gasteiger partial charge in [0, 0.05) is 6.04 Å². The summed E-state index contributed by atoms with van der Waals surface area (Å²) in [4.78, 5) is 0. The minimum absolute atomic E-state index is 0.813. The topological polar surface area (TPSA) is 12.0 Å². The molecule has 0 bridgehead atoms. The lowest BCUT2D eigenvalue weighted by molar-refractivity contribution is 0.243. The van der Waals surface area contributed by atoms with Crippen LogP contribution in [0.25, 0.3) is 0 Å². The molecule has 0 heterocycles. The number of hydrogen-bond donors (Lipinski definition) is 1. The van der Waals surface area contributed by atoms with Gasteiger partial charge in [-0.05, 0) is 50.0 Å². The molecule has 114 valence electrons. The Morgan fingerprint density at radius 3 is 2.58 bits per heavy atom. The quantitative estimate of drug-likeness (QED) is 0.590. The summed E-state index contributed by atoms with van der Waals surface area (Å²) in [6, 6.07) is 0.813. The number of unbranched alkanes of at least 4 members (excludes halogenated alkanes) is 1. The maximum atomic E-state index is 3.88. The highest BCUT2D eigenvalue weighted by Crippen LogP contribution is 2.29. The van der Waals surface area contributed by atoms with Crippen molar-refractivity contribution in [3.8, 4) is 0 Å². The van der Waals surface area contributed by atoms with Gasteiger partial charge < -0.3 is 5.32 Å². The first-order valence-electron chi connectivity index (χ1n) is 8.89. The fourth-order valence-electron chi connectivity index (χ4n) is 3.63. The first-order chi connectivity index (χ1) is 9.15. The number of rotatable bonds is 9. The first kappa shape index (κ1) is 17.0. The maximum absolute atomic E-state index is 3.88. The molecule has 1 N–H and O–H groups in total. The molecule has 1 rings (SSSR count). The molecule has 0 aromatic carbocycles. The summed E-state index contributed by atoms with van der Waals surface area (Å²) in [5, 5.41) is 3.88. The molecule has 1 aliphatic carbocycles. The third kappa shape index (κ3) is 7.34. The Labute approximate surface area is 121 Å². The molecule has 0 radical (unpaired) electrons. The van der Waals surface area contributed by atoms with Crippen LogP contribution in [-0.2, 0) is 0 Å². The molecule has 0 aliphatic heterocycles. The third-order valence-corrected chi connectivity index (χ3v) is 4.83. The van der Waals surface area contributed by atoms with Gasteiger partial charge in [0.2, 0.25) is 0 Å². The van der Waals surface area contributed by atoms with Gasteiger partial charge in [-0.25, -0.2) is 0 Å². The summed E-state index contributed by atoms with van der Waals surface area (Å²) in [5.74, 6) is 2.77. The summed E-state index contributed by atoms with van der Waals surface area (Å²) >= 11 is 0. The van der Waals surface area contributed by atoms with E-state index in [4.69, 9.17) is 0 Å². The standard InChI is InChI=1S/C18H37N/c1-5-7-9-16(6-2)14-19-18-11-8-10-17(13-18)12-15(3)4/h15-19H,5-14H2,1-4H3. The highest BCUT2D eigenvalue weighted by Gasteiger charge is 2.22. The van der Waals surface area contributed by atoms with E-state index >= 15 is 0 Å². The van der Waals surface area contributed by atoms with Crippen molar-refractivity contribution < 1.29 is 0 Å². The van der Waals surface area contributed by atoms with Gasteiger partial charge in [0.15, 0.2) is 0 Å². The number of hydrogen-bond acceptors (Lipinski definition) is 1. The summed E-state index contributed by atoms with van der Waals surface area (Å²) in [7, 11) is 0. The molecule has 0 spiro atoms. The fraction of sp³-hybridized carbons (Fsp3) is 1.00. The van der Waals surface area contributed by atoms with E-state index in [1.54, 1.807) is 0 Å². The second-order valence-electron chi connectivity index (χ2n) is 7.18. The Bertz CT molecular complexity index is 212. The predicted molar refractivity (Wildman–Crippen MR) is 86.5 cm³/mol. The van der Waals surface area contributed by atoms with Crippen LogP contribution < -0.4 is 5.32 Å². The van der Waals surface area contributed by atoms with Crippen molar-refractivity contribution in [3.63, 3.8) is 0 Å². The van der Waals surface area contributed by atoms with Gasteiger partial charge in [-0.1, -0.05) is 59.8 Å². The monoisotopic (exact) mass is 267 g/mol. The zero-order chi connectivity index (χ0) is 14.1. The van der Waals surface area contributed by atoms with Crippen LogP contribution in [0.1, 0.15) is 85.5 Å². The van der Waals surface area contributed by atoms with E-state index in [-0.39, 0.29) is 0 Å². The van der Waals surface area contributed by atoms with E-state index in [2.05, 4.69) is 33.0 Å². The van der Waals surface area contributed by atoms with Crippen LogP contribution in [0, 0.1) is 17.8 Å². The molecule has 1 saturated carbocycles. The van der Waals surface area contributed by atoms with E-state index in [1.807, 2.05) is 0 Å². The Hall–Kier alpha value is -0.0400. The molecule has 0 aromatic heterocycles. The van der Waals surface area contributed by atoms with Crippen LogP contribution in [0.15, 0.2) is 0 Å². The first-order valence-corrected chi connectivity index (χ1v) is 8.89. The minimum Gasteiger partial charge on any atom is -0.314 e. The lowest BCUT2D eigenvalue weighted by Crippen LogP contribution is -2.37. The van der Waals surface area contributed by atoms with Gasteiger partial charge in [-0.3, -0.25) is 0 Å². The van der Waals surface area contributed by atoms with Gasteiger partial charge in [0.1, 0.15) is 0 Å². The van der Waals surface area contributed by atoms with Crippen LogP contribution in [-0.4, -0.2) is 12.6 Å². The second kappa shape index (κ2) is 9.80. The summed E-state index contributed by atoms with van der Waals surface area (Å²) in [6.45, 7) is 10.7. The van der Waals surface area contributed by atoms with Crippen LogP contribution >= 0.6 is 0 Å². The Morgan fingerprint density at radius 2 is 1.95 bits per heavy atom. The van der Waals surface area contributed by atoms with Crippen LogP contribution in [0.4, 0.5) is 0 Å². The molecular formula is C18H37N. The Morgan fingerprint density at radius 1 is 1.16 bits per heavy atom. The normalized spacial score (nSPS) is 25.7. The molecule has 1 fully saturated rings. The van der Waals surface area contributed by atoms with Crippen molar-refractivity contribution >= 4 is 0 Å². The van der Waals surface area contributed by atoms with E-state index in [0.717, 1.165) is 23.8 Å². The summed E-state index contributed by atoms with van der Waals surface area (Å²) in [5.41, 5.74) is 0. The van der Waals surface area contributed by atoms with Gasteiger partial charge in [0.05, 0.1) is 0 Å². The molecule has 19 heavy (non-hydrogen) atoms. The van der Waals surface area contributed by atoms with Crippen LogP contribution in [0.5, 0.6) is 0 Å². The van der Waals surface area contributed by atoms with Crippen molar-refractivity contribution in [2.45, 2.75) is 91.5 Å². The summed E-state index contributed by atoms with van der Waals surface area (Å²) < 4.78 is 0. The molecule has 3 atom stereocenters.